The van der Waals surface area contributed by atoms with Crippen LogP contribution in [0.25, 0.3) is 11.3 Å². The predicted octanol–water partition coefficient (Wildman–Crippen LogP) is 1.07. The van der Waals surface area contributed by atoms with Crippen molar-refractivity contribution >= 4 is 17.4 Å². The third-order valence-electron chi connectivity index (χ3n) is 4.61. The van der Waals surface area contributed by atoms with Crippen LogP contribution in [0.1, 0.15) is 22.6 Å². The predicted molar refractivity (Wildman–Crippen MR) is 94.1 cm³/mol. The number of hydrogen-bond donors (Lipinski definition) is 0. The fraction of sp³-hybridized carbons (Fsp3) is 0.200. The lowest BCUT2D eigenvalue weighted by atomic mass is 10.1. The van der Waals surface area contributed by atoms with Gasteiger partial charge in [-0.25, -0.2) is 13.5 Å². The molecular formula is C20H17BrClFN2O. The number of imidazole rings is 1. The second-order valence-electron chi connectivity index (χ2n) is 6.25. The summed E-state index contributed by atoms with van der Waals surface area (Å²) in [4.78, 5) is 12.6. The maximum Gasteiger partial charge on any atom is 0.257 e. The average molecular weight is 436 g/mol. The normalized spacial score (nSPS) is 12.5. The Bertz CT molecular complexity index is 936. The minimum Gasteiger partial charge on any atom is -1.00 e. The fourth-order valence-corrected chi connectivity index (χ4v) is 3.50. The molecule has 0 saturated carbocycles. The molecule has 1 aliphatic rings. The summed E-state index contributed by atoms with van der Waals surface area (Å²) < 4.78 is 17.4. The molecule has 0 atom stereocenters. The molecule has 0 saturated heterocycles. The molecule has 6 heteroatoms. The zero-order valence-corrected chi connectivity index (χ0v) is 16.3. The van der Waals surface area contributed by atoms with E-state index in [2.05, 4.69) is 4.57 Å². The highest BCUT2D eigenvalue weighted by atomic mass is 79.9. The first-order valence-electron chi connectivity index (χ1n) is 8.28. The van der Waals surface area contributed by atoms with E-state index in [0.29, 0.717) is 10.6 Å². The summed E-state index contributed by atoms with van der Waals surface area (Å²) in [6, 6.07) is 13.5. The first-order valence-corrected chi connectivity index (χ1v) is 8.66. The van der Waals surface area contributed by atoms with Gasteiger partial charge in [0.05, 0.1) is 13.0 Å². The van der Waals surface area contributed by atoms with Gasteiger partial charge in [-0.05, 0) is 55.0 Å². The first-order chi connectivity index (χ1) is 12.1. The van der Waals surface area contributed by atoms with Crippen molar-refractivity contribution < 1.29 is 30.7 Å². The van der Waals surface area contributed by atoms with Gasteiger partial charge in [-0.15, -0.1) is 0 Å². The maximum atomic E-state index is 13.2. The van der Waals surface area contributed by atoms with Crippen molar-refractivity contribution in [3.63, 3.8) is 0 Å². The Hall–Kier alpha value is -1.98. The maximum absolute atomic E-state index is 13.2. The van der Waals surface area contributed by atoms with Crippen LogP contribution in [0.5, 0.6) is 0 Å². The molecule has 0 spiro atoms. The average Bonchev–Trinajstić information content (AvgIpc) is 3.20. The van der Waals surface area contributed by atoms with Crippen LogP contribution in [0.4, 0.5) is 4.39 Å². The third kappa shape index (κ3) is 3.60. The highest BCUT2D eigenvalue weighted by molar-refractivity contribution is 6.30. The number of fused-ring (bicyclic) bond motifs is 1. The van der Waals surface area contributed by atoms with Gasteiger partial charge in [-0.3, -0.25) is 4.79 Å². The van der Waals surface area contributed by atoms with Crippen molar-refractivity contribution in [1.29, 1.82) is 0 Å². The van der Waals surface area contributed by atoms with Gasteiger partial charge in [0, 0.05) is 16.1 Å². The Morgan fingerprint density at radius 2 is 1.81 bits per heavy atom. The van der Waals surface area contributed by atoms with Crippen molar-refractivity contribution in [3.05, 3.63) is 77.0 Å². The second kappa shape index (κ2) is 7.72. The molecule has 0 N–H and O–H groups in total. The lowest BCUT2D eigenvalue weighted by Gasteiger charge is -2.00. The standard InChI is InChI=1S/C20H17ClFN2O.BrH/c21-16-7-3-15(4-8-16)19(25)13-23-12-18(24-11-1-2-20(23)24)14-5-9-17(22)10-6-14;/h3-10,12H,1-2,11,13H2;1H/q+1;/p-1. The number of hydrogen-bond acceptors (Lipinski definition) is 1. The summed E-state index contributed by atoms with van der Waals surface area (Å²) in [5, 5.41) is 0.618. The molecule has 134 valence electrons. The van der Waals surface area contributed by atoms with E-state index in [1.165, 1.54) is 12.1 Å². The minimum atomic E-state index is -0.247. The molecule has 0 unspecified atom stereocenters. The van der Waals surface area contributed by atoms with Gasteiger partial charge in [0.25, 0.3) is 5.82 Å². The van der Waals surface area contributed by atoms with Gasteiger partial charge >= 0.3 is 0 Å². The summed E-state index contributed by atoms with van der Waals surface area (Å²) in [6.07, 6.45) is 3.99. The van der Waals surface area contributed by atoms with Crippen molar-refractivity contribution in [2.45, 2.75) is 25.9 Å². The number of Topliss-reactive ketones (excluding diaryl/α,β-unsaturated/α-hetero) is 1. The van der Waals surface area contributed by atoms with Gasteiger partial charge in [0.15, 0.2) is 12.2 Å². The van der Waals surface area contributed by atoms with Crippen molar-refractivity contribution in [3.8, 4) is 11.3 Å². The van der Waals surface area contributed by atoms with Gasteiger partial charge < -0.3 is 17.0 Å². The molecule has 0 bridgehead atoms. The van der Waals surface area contributed by atoms with E-state index in [1.807, 2.05) is 10.8 Å². The molecule has 26 heavy (non-hydrogen) atoms. The first kappa shape index (κ1) is 18.8. The summed E-state index contributed by atoms with van der Waals surface area (Å²) >= 11 is 5.89. The van der Waals surface area contributed by atoms with E-state index in [1.54, 1.807) is 36.4 Å². The number of aromatic nitrogens is 2. The summed E-state index contributed by atoms with van der Waals surface area (Å²) in [5.74, 6) is 0.942. The second-order valence-corrected chi connectivity index (χ2v) is 6.69. The highest BCUT2D eigenvalue weighted by Gasteiger charge is 2.29. The fourth-order valence-electron chi connectivity index (χ4n) is 3.38. The number of benzene rings is 2. The van der Waals surface area contributed by atoms with Crippen molar-refractivity contribution in [2.24, 2.45) is 0 Å². The van der Waals surface area contributed by atoms with E-state index in [-0.39, 0.29) is 35.1 Å². The van der Waals surface area contributed by atoms with Crippen LogP contribution in [0.15, 0.2) is 54.7 Å². The van der Waals surface area contributed by atoms with Crippen LogP contribution in [0, 0.1) is 5.82 Å². The Balaban J connectivity index is 0.00000196. The molecular weight excluding hydrogens is 419 g/mol. The third-order valence-corrected chi connectivity index (χ3v) is 4.87. The molecule has 1 aliphatic heterocycles. The molecule has 2 aromatic carbocycles. The molecule has 3 aromatic rings. The molecule has 0 fully saturated rings. The van der Waals surface area contributed by atoms with Crippen molar-refractivity contribution in [2.75, 3.05) is 0 Å². The van der Waals surface area contributed by atoms with Gasteiger partial charge in [0.2, 0.25) is 5.78 Å². The number of rotatable bonds is 4. The van der Waals surface area contributed by atoms with E-state index < -0.39 is 0 Å². The summed E-state index contributed by atoms with van der Waals surface area (Å²) in [7, 11) is 0. The molecule has 0 amide bonds. The molecule has 0 radical (unpaired) electrons. The molecule has 3 nitrogen and oxygen atoms in total. The summed E-state index contributed by atoms with van der Waals surface area (Å²) in [5.41, 5.74) is 2.64. The number of ketones is 1. The zero-order chi connectivity index (χ0) is 17.4. The Morgan fingerprint density at radius 1 is 1.12 bits per heavy atom. The smallest absolute Gasteiger partial charge is 0.257 e. The van der Waals surface area contributed by atoms with Crippen LogP contribution >= 0.6 is 11.6 Å². The quantitative estimate of drug-likeness (QED) is 0.445. The van der Waals surface area contributed by atoms with Crippen LogP contribution < -0.4 is 21.5 Å². The van der Waals surface area contributed by atoms with Crippen molar-refractivity contribution in [1.82, 2.24) is 4.57 Å². The van der Waals surface area contributed by atoms with Crippen LogP contribution in [-0.2, 0) is 19.5 Å². The molecule has 4 rings (SSSR count). The zero-order valence-electron chi connectivity index (χ0n) is 14.0. The van der Waals surface area contributed by atoms with Gasteiger partial charge in [-0.1, -0.05) is 11.6 Å². The van der Waals surface area contributed by atoms with Crippen LogP contribution in [0.3, 0.4) is 0 Å². The van der Waals surface area contributed by atoms with Gasteiger partial charge in [-0.2, -0.15) is 0 Å². The number of halogens is 3. The Labute approximate surface area is 166 Å². The van der Waals surface area contributed by atoms with Crippen LogP contribution in [0.2, 0.25) is 5.02 Å². The molecule has 2 heterocycles. The van der Waals surface area contributed by atoms with E-state index >= 15 is 0 Å². The van der Waals surface area contributed by atoms with E-state index in [4.69, 9.17) is 11.6 Å². The largest absolute Gasteiger partial charge is 1.00 e. The summed E-state index contributed by atoms with van der Waals surface area (Å²) in [6.45, 7) is 1.21. The number of carbonyl (C=O) groups excluding carboxylic acids is 1. The SMILES string of the molecule is O=C(C[n+]1cc(-c2ccc(F)cc2)n2c1CCC2)c1ccc(Cl)cc1.[Br-]. The van der Waals surface area contributed by atoms with Crippen LogP contribution in [-0.4, -0.2) is 10.4 Å². The highest BCUT2D eigenvalue weighted by Crippen LogP contribution is 2.25. The Kier molecular flexibility index (Phi) is 5.58. The minimum absolute atomic E-state index is 0. The molecule has 0 aliphatic carbocycles. The molecule has 1 aromatic heterocycles. The topological polar surface area (TPSA) is 25.9 Å². The number of carbonyl (C=O) groups is 1. The monoisotopic (exact) mass is 434 g/mol. The van der Waals surface area contributed by atoms with E-state index in [0.717, 1.165) is 36.5 Å². The lowest BCUT2D eigenvalue weighted by molar-refractivity contribution is -0.689. The number of nitrogens with zero attached hydrogens (tertiary/aromatic N) is 2. The Morgan fingerprint density at radius 3 is 2.50 bits per heavy atom. The lowest BCUT2D eigenvalue weighted by Crippen LogP contribution is -3.00. The van der Waals surface area contributed by atoms with E-state index in [9.17, 15) is 9.18 Å². The van der Waals surface area contributed by atoms with Gasteiger partial charge in [0.1, 0.15) is 12.0 Å².